The molecule has 11 heteroatoms. The molecule has 4 heterocycles. The number of nitrogens with zero attached hydrogens (tertiary/aromatic N) is 6. The van der Waals surface area contributed by atoms with Gasteiger partial charge >= 0.3 is 0 Å². The number of hydrogen-bond donors (Lipinski definition) is 3. The number of fused-ring (bicyclic) bond motifs is 1. The molecule has 0 radical (unpaired) electrons. The summed E-state index contributed by atoms with van der Waals surface area (Å²) in [5.74, 6) is 2.76. The van der Waals surface area contributed by atoms with Crippen molar-refractivity contribution in [3.8, 4) is 11.5 Å². The van der Waals surface area contributed by atoms with Gasteiger partial charge in [-0.05, 0) is 55.0 Å². The summed E-state index contributed by atoms with van der Waals surface area (Å²) in [6.45, 7) is 1.87. The first-order valence-electron chi connectivity index (χ1n) is 11.3. The molecule has 0 spiro atoms. The number of piperidine rings is 1. The predicted molar refractivity (Wildman–Crippen MR) is 131 cm³/mol. The quantitative estimate of drug-likeness (QED) is 0.379. The molecule has 2 aliphatic rings. The zero-order chi connectivity index (χ0) is 23.1. The van der Waals surface area contributed by atoms with Gasteiger partial charge in [-0.3, -0.25) is 0 Å². The number of rotatable bonds is 5. The molecule has 174 valence electrons. The lowest BCUT2D eigenvalue weighted by Gasteiger charge is -2.31. The Kier molecular flexibility index (Phi) is 5.58. The fourth-order valence-corrected chi connectivity index (χ4v) is 5.26. The monoisotopic (exact) mass is 495 g/mol. The summed E-state index contributed by atoms with van der Waals surface area (Å²) in [5, 5.41) is 15.5. The van der Waals surface area contributed by atoms with Crippen molar-refractivity contribution < 1.29 is 0 Å². The zero-order valence-electron chi connectivity index (χ0n) is 18.3. The van der Waals surface area contributed by atoms with Gasteiger partial charge < -0.3 is 15.2 Å². The van der Waals surface area contributed by atoms with E-state index in [1.54, 1.807) is 6.20 Å². The van der Waals surface area contributed by atoms with Crippen LogP contribution in [0.1, 0.15) is 35.6 Å². The highest BCUT2D eigenvalue weighted by molar-refractivity contribution is 6.42. The molecule has 0 atom stereocenters. The molecule has 1 aliphatic carbocycles. The third-order valence-corrected chi connectivity index (χ3v) is 7.38. The van der Waals surface area contributed by atoms with Gasteiger partial charge in [-0.15, -0.1) is 0 Å². The van der Waals surface area contributed by atoms with Crippen LogP contribution in [0.15, 0.2) is 36.8 Å². The van der Waals surface area contributed by atoms with Gasteiger partial charge in [-0.1, -0.05) is 23.2 Å². The van der Waals surface area contributed by atoms with E-state index in [4.69, 9.17) is 28.2 Å². The van der Waals surface area contributed by atoms with E-state index in [2.05, 4.69) is 40.6 Å². The number of hydrogen-bond acceptors (Lipinski definition) is 7. The normalized spacial score (nSPS) is 16.7. The Balaban J connectivity index is 1.11. The molecule has 1 fully saturated rings. The fourth-order valence-electron chi connectivity index (χ4n) is 4.88. The van der Waals surface area contributed by atoms with E-state index in [-0.39, 0.29) is 6.04 Å². The molecule has 3 aromatic heterocycles. The number of imidazole rings is 1. The van der Waals surface area contributed by atoms with Crippen LogP contribution in [-0.4, -0.2) is 54.5 Å². The summed E-state index contributed by atoms with van der Waals surface area (Å²) in [7, 11) is 0. The van der Waals surface area contributed by atoms with E-state index in [9.17, 15) is 0 Å². The van der Waals surface area contributed by atoms with Crippen LogP contribution in [-0.2, 0) is 12.8 Å². The first-order chi connectivity index (χ1) is 16.6. The summed E-state index contributed by atoms with van der Waals surface area (Å²) in [4.78, 5) is 19.5. The number of halogens is 2. The second-order valence-corrected chi connectivity index (χ2v) is 9.64. The summed E-state index contributed by atoms with van der Waals surface area (Å²) in [6, 6.07) is 5.97. The van der Waals surface area contributed by atoms with Crippen LogP contribution in [0.5, 0.6) is 0 Å². The Labute approximate surface area is 206 Å². The van der Waals surface area contributed by atoms with Crippen LogP contribution >= 0.6 is 23.2 Å². The summed E-state index contributed by atoms with van der Waals surface area (Å²) in [5.41, 5.74) is 4.22. The van der Waals surface area contributed by atoms with Crippen LogP contribution in [0.4, 0.5) is 11.8 Å². The van der Waals surface area contributed by atoms with Crippen molar-refractivity contribution in [2.45, 2.75) is 37.6 Å². The lowest BCUT2D eigenvalue weighted by molar-refractivity contribution is 0.493. The number of nitrogens with one attached hydrogen (secondary N) is 3. The molecule has 0 saturated carbocycles. The average molecular weight is 496 g/mol. The Morgan fingerprint density at radius 2 is 1.76 bits per heavy atom. The smallest absolute Gasteiger partial charge is 0.223 e. The van der Waals surface area contributed by atoms with E-state index in [1.807, 2.05) is 30.6 Å². The topological polar surface area (TPSA) is 111 Å². The van der Waals surface area contributed by atoms with Gasteiger partial charge in [0.15, 0.2) is 5.82 Å². The fraction of sp³-hybridized carbons (Fsp3) is 0.348. The van der Waals surface area contributed by atoms with E-state index in [1.165, 1.54) is 11.1 Å². The first-order valence-corrected chi connectivity index (χ1v) is 12.1. The van der Waals surface area contributed by atoms with Crippen molar-refractivity contribution in [2.75, 3.05) is 23.3 Å². The molecular formula is C23H23Cl2N9. The Hall–Kier alpha value is -3.17. The third-order valence-electron chi connectivity index (χ3n) is 6.66. The number of H-pyrrole nitrogens is 2. The Morgan fingerprint density at radius 1 is 1.00 bits per heavy atom. The molecular weight excluding hydrogens is 473 g/mol. The maximum Gasteiger partial charge on any atom is 0.223 e. The molecule has 0 bridgehead atoms. The minimum Gasteiger partial charge on any atom is -0.357 e. The molecule has 34 heavy (non-hydrogen) atoms. The van der Waals surface area contributed by atoms with Gasteiger partial charge in [0.05, 0.1) is 28.1 Å². The number of aromatic nitrogens is 7. The molecule has 0 unspecified atom stereocenters. The van der Waals surface area contributed by atoms with Crippen LogP contribution in [0.25, 0.3) is 11.5 Å². The summed E-state index contributed by atoms with van der Waals surface area (Å²) >= 11 is 12.4. The van der Waals surface area contributed by atoms with Crippen molar-refractivity contribution in [3.63, 3.8) is 0 Å². The first kappa shape index (κ1) is 21.4. The largest absolute Gasteiger partial charge is 0.357 e. The van der Waals surface area contributed by atoms with Crippen LogP contribution < -0.4 is 10.2 Å². The lowest BCUT2D eigenvalue weighted by Crippen LogP contribution is -2.33. The summed E-state index contributed by atoms with van der Waals surface area (Å²) < 4.78 is 0. The molecule has 4 aromatic rings. The second-order valence-electron chi connectivity index (χ2n) is 8.82. The second kappa shape index (κ2) is 8.88. The van der Waals surface area contributed by atoms with Gasteiger partial charge in [-0.25, -0.2) is 15.0 Å². The van der Waals surface area contributed by atoms with E-state index >= 15 is 0 Å². The molecule has 1 saturated heterocycles. The van der Waals surface area contributed by atoms with Crippen molar-refractivity contribution in [1.82, 2.24) is 35.3 Å². The standard InChI is InChI=1S/C23H23Cl2N9/c24-17-9-14-7-16(8-15(14)10-18(17)25)29-23-26-4-1-19(30-23)22-27-12-21(31-22)34-5-2-13(3-6-34)20-11-28-33-32-20/h1,4,9-13,16H,2-3,5-8H2,(H,27,31)(H,26,29,30)(H,28,32,33). The minimum absolute atomic E-state index is 0.193. The van der Waals surface area contributed by atoms with Gasteiger partial charge in [0.2, 0.25) is 5.95 Å². The van der Waals surface area contributed by atoms with Gasteiger partial charge in [0.1, 0.15) is 11.5 Å². The van der Waals surface area contributed by atoms with Crippen LogP contribution in [0, 0.1) is 0 Å². The van der Waals surface area contributed by atoms with Crippen LogP contribution in [0.2, 0.25) is 10.0 Å². The zero-order valence-corrected chi connectivity index (χ0v) is 19.8. The van der Waals surface area contributed by atoms with Crippen molar-refractivity contribution >= 4 is 35.0 Å². The highest BCUT2D eigenvalue weighted by Gasteiger charge is 2.25. The highest BCUT2D eigenvalue weighted by atomic mass is 35.5. The predicted octanol–water partition coefficient (Wildman–Crippen LogP) is 4.25. The Morgan fingerprint density at radius 3 is 2.47 bits per heavy atom. The van der Waals surface area contributed by atoms with Gasteiger partial charge in [-0.2, -0.15) is 15.4 Å². The number of anilines is 2. The van der Waals surface area contributed by atoms with E-state index < -0.39 is 0 Å². The maximum atomic E-state index is 6.18. The van der Waals surface area contributed by atoms with E-state index in [0.717, 1.165) is 61.8 Å². The van der Waals surface area contributed by atoms with Crippen molar-refractivity contribution in [2.24, 2.45) is 0 Å². The van der Waals surface area contributed by atoms with Gasteiger partial charge in [0, 0.05) is 31.2 Å². The summed E-state index contributed by atoms with van der Waals surface area (Å²) in [6.07, 6.45) is 9.23. The number of aromatic amines is 2. The maximum absolute atomic E-state index is 6.18. The highest BCUT2D eigenvalue weighted by Crippen LogP contribution is 2.32. The lowest BCUT2D eigenvalue weighted by atomic mass is 9.94. The molecule has 3 N–H and O–H groups in total. The van der Waals surface area contributed by atoms with Crippen molar-refractivity contribution in [3.05, 3.63) is 63.7 Å². The molecule has 1 aliphatic heterocycles. The van der Waals surface area contributed by atoms with Gasteiger partial charge in [0.25, 0.3) is 0 Å². The molecule has 6 rings (SSSR count). The molecule has 9 nitrogen and oxygen atoms in total. The van der Waals surface area contributed by atoms with Crippen molar-refractivity contribution in [1.29, 1.82) is 0 Å². The number of benzene rings is 1. The average Bonchev–Trinajstić information content (AvgIpc) is 3.61. The third kappa shape index (κ3) is 4.21. The minimum atomic E-state index is 0.193. The molecule has 1 aromatic carbocycles. The van der Waals surface area contributed by atoms with E-state index in [0.29, 0.717) is 21.9 Å². The Bertz CT molecular complexity index is 1260. The van der Waals surface area contributed by atoms with Crippen LogP contribution in [0.3, 0.4) is 0 Å². The molecule has 0 amide bonds. The SMILES string of the molecule is Clc1cc2c(cc1Cl)CC(Nc1nccc(-c3ncc(N4CCC(c5cn[nH]n5)CC4)[nH]3)n1)C2.